The highest BCUT2D eigenvalue weighted by Gasteiger charge is 2.44. The van der Waals surface area contributed by atoms with Crippen LogP contribution in [0.4, 0.5) is 4.79 Å². The third-order valence-electron chi connectivity index (χ3n) is 6.80. The molecule has 2 heterocycles. The van der Waals surface area contributed by atoms with Crippen LogP contribution in [0.15, 0.2) is 59.2 Å². The molecule has 0 spiro atoms. The van der Waals surface area contributed by atoms with Crippen molar-refractivity contribution in [2.24, 2.45) is 0 Å². The van der Waals surface area contributed by atoms with Crippen molar-refractivity contribution in [1.29, 1.82) is 0 Å². The van der Waals surface area contributed by atoms with Gasteiger partial charge in [-0.3, -0.25) is 0 Å². The molecule has 1 saturated heterocycles. The molecule has 38 heavy (non-hydrogen) atoms. The Morgan fingerprint density at radius 1 is 0.974 bits per heavy atom. The van der Waals surface area contributed by atoms with Gasteiger partial charge in [-0.05, 0) is 66.3 Å². The van der Waals surface area contributed by atoms with Crippen LogP contribution in [-0.2, 0) is 24.1 Å². The predicted molar refractivity (Wildman–Crippen MR) is 137 cm³/mol. The number of furan rings is 1. The maximum atomic E-state index is 11.9. The number of phenolic OH excluding ortho intramolecular Hbond substituents is 1. The number of phenols is 1. The Labute approximate surface area is 220 Å². The Kier molecular flexibility index (Phi) is 9.03. The SMILES string of the molecule is Cc1cc(O)c([C@@H]2O[C@H](CO)[C@@H](O)[C@H](O)[C@H]2O)cc1Cc1ccc(CCNC(=O)NCc2ccco2)cc1. The lowest BCUT2D eigenvalue weighted by Crippen LogP contribution is -2.55. The van der Waals surface area contributed by atoms with Gasteiger partial charge < -0.3 is 45.3 Å². The van der Waals surface area contributed by atoms with Gasteiger partial charge in [0.05, 0.1) is 19.4 Å². The van der Waals surface area contributed by atoms with Crippen molar-refractivity contribution in [3.63, 3.8) is 0 Å². The second-order valence-corrected chi connectivity index (χ2v) is 9.52. The number of carbonyl (C=O) groups is 1. The summed E-state index contributed by atoms with van der Waals surface area (Å²) < 4.78 is 10.8. The van der Waals surface area contributed by atoms with Crippen molar-refractivity contribution in [2.45, 2.75) is 56.8 Å². The summed E-state index contributed by atoms with van der Waals surface area (Å²) in [6.45, 7) is 2.12. The summed E-state index contributed by atoms with van der Waals surface area (Å²) in [6, 6.07) is 14.5. The molecule has 204 valence electrons. The molecule has 2 amide bonds. The Bertz CT molecular complexity index is 1200. The summed E-state index contributed by atoms with van der Waals surface area (Å²) in [7, 11) is 0. The fraction of sp³-hybridized carbons (Fsp3) is 0.393. The van der Waals surface area contributed by atoms with Gasteiger partial charge in [-0.2, -0.15) is 0 Å². The second-order valence-electron chi connectivity index (χ2n) is 9.52. The number of aliphatic hydroxyl groups excluding tert-OH is 4. The highest BCUT2D eigenvalue weighted by molar-refractivity contribution is 5.73. The minimum absolute atomic E-state index is 0.105. The summed E-state index contributed by atoms with van der Waals surface area (Å²) in [4.78, 5) is 11.9. The van der Waals surface area contributed by atoms with Gasteiger partial charge in [-0.1, -0.05) is 24.3 Å². The zero-order valence-corrected chi connectivity index (χ0v) is 21.1. The van der Waals surface area contributed by atoms with Crippen LogP contribution in [-0.4, -0.2) is 69.1 Å². The number of aryl methyl sites for hydroxylation is 1. The van der Waals surface area contributed by atoms with Crippen LogP contribution in [0.2, 0.25) is 0 Å². The Morgan fingerprint density at radius 2 is 1.71 bits per heavy atom. The van der Waals surface area contributed by atoms with Crippen LogP contribution in [0.1, 0.15) is 39.7 Å². The summed E-state index contributed by atoms with van der Waals surface area (Å²) in [5.41, 5.74) is 4.08. The number of aromatic hydroxyl groups is 1. The van der Waals surface area contributed by atoms with Crippen molar-refractivity contribution in [2.75, 3.05) is 13.2 Å². The molecule has 1 fully saturated rings. The molecule has 1 aliphatic heterocycles. The predicted octanol–water partition coefficient (Wildman–Crippen LogP) is 1.44. The van der Waals surface area contributed by atoms with E-state index in [1.165, 1.54) is 0 Å². The van der Waals surface area contributed by atoms with E-state index in [4.69, 9.17) is 9.15 Å². The summed E-state index contributed by atoms with van der Waals surface area (Å²) in [6.07, 6.45) is -3.89. The van der Waals surface area contributed by atoms with Gasteiger partial charge in [0.2, 0.25) is 0 Å². The van der Waals surface area contributed by atoms with E-state index in [9.17, 15) is 30.3 Å². The van der Waals surface area contributed by atoms with E-state index in [1.807, 2.05) is 31.2 Å². The first-order valence-corrected chi connectivity index (χ1v) is 12.5. The van der Waals surface area contributed by atoms with Crippen molar-refractivity contribution in [1.82, 2.24) is 10.6 Å². The molecule has 10 nitrogen and oxygen atoms in total. The molecule has 2 aromatic carbocycles. The molecule has 0 radical (unpaired) electrons. The molecule has 0 saturated carbocycles. The molecule has 1 aromatic heterocycles. The van der Waals surface area contributed by atoms with E-state index in [-0.39, 0.29) is 17.3 Å². The number of aliphatic hydroxyl groups is 4. The Morgan fingerprint density at radius 3 is 2.39 bits per heavy atom. The monoisotopic (exact) mass is 526 g/mol. The summed E-state index contributed by atoms with van der Waals surface area (Å²) in [5, 5.41) is 56.3. The summed E-state index contributed by atoms with van der Waals surface area (Å²) >= 11 is 0. The Balaban J connectivity index is 1.36. The van der Waals surface area contributed by atoms with Crippen molar-refractivity contribution in [3.8, 4) is 5.75 Å². The van der Waals surface area contributed by atoms with E-state index >= 15 is 0 Å². The van der Waals surface area contributed by atoms with Crippen LogP contribution in [0.3, 0.4) is 0 Å². The molecule has 0 bridgehead atoms. The maximum absolute atomic E-state index is 11.9. The third kappa shape index (κ3) is 6.53. The lowest BCUT2D eigenvalue weighted by atomic mass is 9.88. The maximum Gasteiger partial charge on any atom is 0.315 e. The minimum atomic E-state index is -1.53. The zero-order valence-electron chi connectivity index (χ0n) is 21.1. The van der Waals surface area contributed by atoms with E-state index < -0.39 is 37.1 Å². The Hall–Kier alpha value is -3.41. The van der Waals surface area contributed by atoms with Crippen molar-refractivity contribution in [3.05, 3.63) is 88.4 Å². The van der Waals surface area contributed by atoms with Crippen LogP contribution < -0.4 is 10.6 Å². The zero-order chi connectivity index (χ0) is 27.2. The lowest BCUT2D eigenvalue weighted by molar-refractivity contribution is -0.232. The van der Waals surface area contributed by atoms with Crippen LogP contribution in [0.25, 0.3) is 0 Å². The number of urea groups is 1. The molecular formula is C28H34N2O8. The molecule has 0 unspecified atom stereocenters. The normalized spacial score (nSPS) is 23.2. The average Bonchev–Trinajstić information content (AvgIpc) is 3.43. The largest absolute Gasteiger partial charge is 0.508 e. The summed E-state index contributed by atoms with van der Waals surface area (Å²) in [5.74, 6) is 0.575. The second kappa shape index (κ2) is 12.4. The smallest absolute Gasteiger partial charge is 0.315 e. The molecule has 1 aliphatic rings. The van der Waals surface area contributed by atoms with E-state index in [2.05, 4.69) is 10.6 Å². The van der Waals surface area contributed by atoms with Gasteiger partial charge >= 0.3 is 6.03 Å². The first-order valence-electron chi connectivity index (χ1n) is 12.5. The fourth-order valence-corrected chi connectivity index (χ4v) is 4.54. The first-order chi connectivity index (χ1) is 18.3. The van der Waals surface area contributed by atoms with E-state index in [0.29, 0.717) is 31.7 Å². The van der Waals surface area contributed by atoms with Crippen molar-refractivity contribution >= 4 is 6.03 Å². The number of rotatable bonds is 9. The molecule has 5 atom stereocenters. The van der Waals surface area contributed by atoms with E-state index in [0.717, 1.165) is 22.3 Å². The van der Waals surface area contributed by atoms with Crippen LogP contribution >= 0.6 is 0 Å². The molecule has 7 N–H and O–H groups in total. The fourth-order valence-electron chi connectivity index (χ4n) is 4.54. The molecular weight excluding hydrogens is 492 g/mol. The number of ether oxygens (including phenoxy) is 1. The van der Waals surface area contributed by atoms with Crippen LogP contribution in [0, 0.1) is 6.92 Å². The minimum Gasteiger partial charge on any atom is -0.508 e. The third-order valence-corrected chi connectivity index (χ3v) is 6.80. The molecule has 3 aromatic rings. The average molecular weight is 527 g/mol. The van der Waals surface area contributed by atoms with Gasteiger partial charge in [0.15, 0.2) is 0 Å². The number of hydrogen-bond acceptors (Lipinski definition) is 8. The van der Waals surface area contributed by atoms with Crippen LogP contribution in [0.5, 0.6) is 5.75 Å². The highest BCUT2D eigenvalue weighted by atomic mass is 16.5. The standard InChI is InChI=1S/C28H34N2O8/c1-16-11-22(32)21(27-26(35)25(34)24(33)23(15-31)38-27)13-19(16)12-18-6-4-17(5-7-18)8-9-29-28(36)30-14-20-3-2-10-37-20/h2-7,10-11,13,23-27,31-35H,8-9,12,14-15H2,1H3,(H2,29,30,36)/t23-,24-,25+,26-,27+/m1/s1. The van der Waals surface area contributed by atoms with Gasteiger partial charge in [0, 0.05) is 12.1 Å². The number of hydrogen-bond donors (Lipinski definition) is 7. The van der Waals surface area contributed by atoms with E-state index in [1.54, 1.807) is 30.5 Å². The lowest BCUT2D eigenvalue weighted by Gasteiger charge is -2.40. The van der Waals surface area contributed by atoms with Gasteiger partial charge in [0.25, 0.3) is 0 Å². The van der Waals surface area contributed by atoms with Gasteiger partial charge in [-0.25, -0.2) is 4.79 Å². The number of carbonyl (C=O) groups excluding carboxylic acids is 1. The van der Waals surface area contributed by atoms with Gasteiger partial charge in [-0.15, -0.1) is 0 Å². The number of nitrogens with one attached hydrogen (secondary N) is 2. The molecule has 4 rings (SSSR count). The molecule has 10 heteroatoms. The van der Waals surface area contributed by atoms with Crippen molar-refractivity contribution < 1.29 is 39.5 Å². The molecule has 0 aliphatic carbocycles. The number of benzene rings is 2. The number of amides is 2. The topological polar surface area (TPSA) is 165 Å². The van der Waals surface area contributed by atoms with Gasteiger partial charge in [0.1, 0.15) is 42.0 Å². The quantitative estimate of drug-likeness (QED) is 0.220. The highest BCUT2D eigenvalue weighted by Crippen LogP contribution is 2.38. The first kappa shape index (κ1) is 27.6.